The fourth-order valence-electron chi connectivity index (χ4n) is 1.52. The summed E-state index contributed by atoms with van der Waals surface area (Å²) in [5.74, 6) is 0.420. The number of carbonyl (C=O) groups is 2. The van der Waals surface area contributed by atoms with Gasteiger partial charge in [-0.05, 0) is 37.2 Å². The number of benzene rings is 1. The average Bonchev–Trinajstić information content (AvgIpc) is 3.23. The smallest absolute Gasteiger partial charge is 0.410 e. The minimum Gasteiger partial charge on any atom is -0.410 e. The number of amides is 2. The monoisotopic (exact) mass is 293 g/mol. The summed E-state index contributed by atoms with van der Waals surface area (Å²) in [6.07, 6.45) is 1.29. The molecule has 2 amide bonds. The molecular formula is C13H15N3O3S. The summed E-state index contributed by atoms with van der Waals surface area (Å²) < 4.78 is 4.99. The first-order valence-electron chi connectivity index (χ1n) is 6.20. The van der Waals surface area contributed by atoms with E-state index in [4.69, 9.17) is 17.0 Å². The quantitative estimate of drug-likeness (QED) is 0.738. The highest BCUT2D eigenvalue weighted by Crippen LogP contribution is 2.28. The molecule has 0 heterocycles. The van der Waals surface area contributed by atoms with Crippen LogP contribution in [0.25, 0.3) is 0 Å². The first-order valence-corrected chi connectivity index (χ1v) is 6.61. The predicted molar refractivity (Wildman–Crippen MR) is 78.6 cm³/mol. The van der Waals surface area contributed by atoms with Crippen LogP contribution in [0.5, 0.6) is 5.75 Å². The zero-order chi connectivity index (χ0) is 14.5. The topological polar surface area (TPSA) is 79.5 Å². The molecule has 7 heteroatoms. The number of carbonyl (C=O) groups excluding carboxylic acids is 2. The lowest BCUT2D eigenvalue weighted by Crippen LogP contribution is -2.35. The first kappa shape index (κ1) is 14.3. The largest absolute Gasteiger partial charge is 0.412 e. The van der Waals surface area contributed by atoms with Crippen molar-refractivity contribution in [2.45, 2.75) is 12.8 Å². The minimum absolute atomic E-state index is 0.0553. The third-order valence-electron chi connectivity index (χ3n) is 2.69. The fourth-order valence-corrected chi connectivity index (χ4v) is 1.74. The molecule has 3 N–H and O–H groups in total. The van der Waals surface area contributed by atoms with Crippen LogP contribution in [0.4, 0.5) is 10.5 Å². The second-order valence-electron chi connectivity index (χ2n) is 4.38. The Morgan fingerprint density at radius 1 is 1.35 bits per heavy atom. The van der Waals surface area contributed by atoms with Gasteiger partial charge in [-0.2, -0.15) is 0 Å². The third-order valence-corrected chi connectivity index (χ3v) is 2.90. The molecule has 0 unspecified atom stereocenters. The molecule has 0 saturated heterocycles. The van der Waals surface area contributed by atoms with Gasteiger partial charge in [0.25, 0.3) is 0 Å². The number of ether oxygens (including phenoxy) is 1. The Bertz CT molecular complexity index is 543. The highest BCUT2D eigenvalue weighted by molar-refractivity contribution is 7.80. The highest BCUT2D eigenvalue weighted by Gasteiger charge is 2.29. The summed E-state index contributed by atoms with van der Waals surface area (Å²) in [7, 11) is 1.48. The van der Waals surface area contributed by atoms with E-state index in [0.29, 0.717) is 11.4 Å². The Morgan fingerprint density at radius 3 is 2.75 bits per heavy atom. The van der Waals surface area contributed by atoms with Gasteiger partial charge in [0.05, 0.1) is 0 Å². The molecule has 1 aromatic carbocycles. The van der Waals surface area contributed by atoms with Gasteiger partial charge in [0.15, 0.2) is 5.11 Å². The van der Waals surface area contributed by atoms with Gasteiger partial charge in [-0.1, -0.05) is 6.07 Å². The van der Waals surface area contributed by atoms with Crippen LogP contribution in [-0.2, 0) is 4.79 Å². The Morgan fingerprint density at radius 2 is 2.10 bits per heavy atom. The number of rotatable bonds is 3. The Balaban J connectivity index is 1.91. The van der Waals surface area contributed by atoms with Gasteiger partial charge in [-0.3, -0.25) is 4.79 Å². The molecule has 1 fully saturated rings. The van der Waals surface area contributed by atoms with Crippen molar-refractivity contribution < 1.29 is 14.3 Å². The Hall–Kier alpha value is -2.15. The van der Waals surface area contributed by atoms with Crippen LogP contribution in [-0.4, -0.2) is 24.2 Å². The van der Waals surface area contributed by atoms with Crippen LogP contribution >= 0.6 is 12.2 Å². The standard InChI is InChI=1S/C13H15N3O3S/c1-14-13(18)19-10-4-2-3-9(7-10)15-12(20)16-11(17)8-5-6-8/h2-4,7-8H,5-6H2,1H3,(H,14,18)(H2,15,16,17,20). The molecule has 0 atom stereocenters. The highest BCUT2D eigenvalue weighted by atomic mass is 32.1. The van der Waals surface area contributed by atoms with E-state index < -0.39 is 6.09 Å². The number of anilines is 1. The van der Waals surface area contributed by atoms with E-state index in [-0.39, 0.29) is 16.9 Å². The van der Waals surface area contributed by atoms with Gasteiger partial charge in [-0.25, -0.2) is 4.79 Å². The summed E-state index contributed by atoms with van der Waals surface area (Å²) in [4.78, 5) is 22.6. The van der Waals surface area contributed by atoms with Crippen LogP contribution in [0, 0.1) is 5.92 Å². The van der Waals surface area contributed by atoms with Crippen LogP contribution in [0.15, 0.2) is 24.3 Å². The summed E-state index contributed by atoms with van der Waals surface area (Å²) in [5.41, 5.74) is 0.632. The maximum atomic E-state index is 11.5. The molecule has 2 rings (SSSR count). The van der Waals surface area contributed by atoms with E-state index in [1.165, 1.54) is 7.05 Å². The van der Waals surface area contributed by atoms with Crippen molar-refractivity contribution >= 4 is 35.0 Å². The Kier molecular flexibility index (Phi) is 4.52. The molecule has 0 bridgehead atoms. The van der Waals surface area contributed by atoms with Crippen LogP contribution < -0.4 is 20.7 Å². The second kappa shape index (κ2) is 6.33. The molecule has 20 heavy (non-hydrogen) atoms. The molecular weight excluding hydrogens is 278 g/mol. The molecule has 6 nitrogen and oxygen atoms in total. The fraction of sp³-hybridized carbons (Fsp3) is 0.308. The number of nitrogens with one attached hydrogen (secondary N) is 3. The zero-order valence-electron chi connectivity index (χ0n) is 10.9. The maximum absolute atomic E-state index is 11.5. The predicted octanol–water partition coefficient (Wildman–Crippen LogP) is 1.63. The van der Waals surface area contributed by atoms with Crippen molar-refractivity contribution in [2.75, 3.05) is 12.4 Å². The first-order chi connectivity index (χ1) is 9.58. The second-order valence-corrected chi connectivity index (χ2v) is 4.79. The van der Waals surface area contributed by atoms with Crippen LogP contribution in [0.2, 0.25) is 0 Å². The maximum Gasteiger partial charge on any atom is 0.412 e. The molecule has 0 aromatic heterocycles. The molecule has 106 valence electrons. The molecule has 0 aliphatic heterocycles. The van der Waals surface area contributed by atoms with Crippen molar-refractivity contribution in [3.63, 3.8) is 0 Å². The van der Waals surface area contributed by atoms with E-state index in [9.17, 15) is 9.59 Å². The van der Waals surface area contributed by atoms with Gasteiger partial charge >= 0.3 is 6.09 Å². The average molecular weight is 293 g/mol. The van der Waals surface area contributed by atoms with E-state index in [0.717, 1.165) is 12.8 Å². The SMILES string of the molecule is CNC(=O)Oc1cccc(NC(=S)NC(=O)C2CC2)c1. The van der Waals surface area contributed by atoms with Crippen molar-refractivity contribution in [1.29, 1.82) is 0 Å². The van der Waals surface area contributed by atoms with Gasteiger partial charge in [0.2, 0.25) is 5.91 Å². The van der Waals surface area contributed by atoms with E-state index in [1.807, 2.05) is 0 Å². The minimum atomic E-state index is -0.549. The van der Waals surface area contributed by atoms with Crippen LogP contribution in [0.1, 0.15) is 12.8 Å². The van der Waals surface area contributed by atoms with Crippen molar-refractivity contribution in [3.8, 4) is 5.75 Å². The lowest BCUT2D eigenvalue weighted by molar-refractivity contribution is -0.120. The number of thiocarbonyl (C=S) groups is 1. The molecule has 0 radical (unpaired) electrons. The van der Waals surface area contributed by atoms with Gasteiger partial charge in [0.1, 0.15) is 5.75 Å². The van der Waals surface area contributed by atoms with Gasteiger partial charge in [0, 0.05) is 24.7 Å². The van der Waals surface area contributed by atoms with E-state index in [2.05, 4.69) is 16.0 Å². The van der Waals surface area contributed by atoms with Crippen molar-refractivity contribution in [2.24, 2.45) is 5.92 Å². The van der Waals surface area contributed by atoms with Crippen LogP contribution in [0.3, 0.4) is 0 Å². The van der Waals surface area contributed by atoms with Gasteiger partial charge in [-0.15, -0.1) is 0 Å². The van der Waals surface area contributed by atoms with Crippen molar-refractivity contribution in [1.82, 2.24) is 10.6 Å². The third kappa shape index (κ3) is 4.20. The molecule has 1 aliphatic carbocycles. The molecule has 1 aliphatic rings. The molecule has 0 spiro atoms. The number of hydrogen-bond donors (Lipinski definition) is 3. The number of hydrogen-bond acceptors (Lipinski definition) is 4. The van der Waals surface area contributed by atoms with E-state index in [1.54, 1.807) is 24.3 Å². The molecule has 1 saturated carbocycles. The van der Waals surface area contributed by atoms with Gasteiger partial charge < -0.3 is 20.7 Å². The molecule has 1 aromatic rings. The normalized spacial score (nSPS) is 13.2. The summed E-state index contributed by atoms with van der Waals surface area (Å²) in [5, 5.41) is 8.09. The zero-order valence-corrected chi connectivity index (χ0v) is 11.8. The summed E-state index contributed by atoms with van der Waals surface area (Å²) in [6, 6.07) is 6.73. The lowest BCUT2D eigenvalue weighted by Gasteiger charge is -2.10. The van der Waals surface area contributed by atoms with Crippen molar-refractivity contribution in [3.05, 3.63) is 24.3 Å². The summed E-state index contributed by atoms with van der Waals surface area (Å²) >= 11 is 5.05. The Labute approximate surface area is 121 Å². The summed E-state index contributed by atoms with van der Waals surface area (Å²) in [6.45, 7) is 0. The lowest BCUT2D eigenvalue weighted by atomic mass is 10.3. The van der Waals surface area contributed by atoms with E-state index >= 15 is 0 Å².